The minimum absolute atomic E-state index is 0.0374. The van der Waals surface area contributed by atoms with Crippen LogP contribution in [0, 0.1) is 18.2 Å². The first-order valence-corrected chi connectivity index (χ1v) is 4.92. The van der Waals surface area contributed by atoms with Crippen molar-refractivity contribution in [2.45, 2.75) is 25.7 Å². The second kappa shape index (κ2) is 5.98. The van der Waals surface area contributed by atoms with E-state index in [-0.39, 0.29) is 18.0 Å². The molecule has 0 aliphatic heterocycles. The molecule has 0 atom stereocenters. The second-order valence-corrected chi connectivity index (χ2v) is 3.36. The van der Waals surface area contributed by atoms with E-state index in [4.69, 9.17) is 6.42 Å². The molecule has 1 rings (SSSR count). The molecule has 1 nitrogen and oxygen atoms in total. The summed E-state index contributed by atoms with van der Waals surface area (Å²) in [5, 5.41) is 0. The highest BCUT2D eigenvalue weighted by Gasteiger charge is 2.06. The number of rotatable bonds is 5. The number of ketones is 1. The smallest absolute Gasteiger partial charge is 0.137 e. The zero-order chi connectivity index (χ0) is 11.1. The molecule has 1 aromatic carbocycles. The van der Waals surface area contributed by atoms with E-state index in [1.54, 1.807) is 18.2 Å². The number of benzene rings is 1. The maximum absolute atomic E-state index is 13.2. The van der Waals surface area contributed by atoms with E-state index >= 15 is 0 Å². The van der Waals surface area contributed by atoms with Crippen molar-refractivity contribution in [3.05, 3.63) is 35.6 Å². The van der Waals surface area contributed by atoms with Crippen LogP contribution in [0.4, 0.5) is 4.39 Å². The Bertz CT molecular complexity index is 376. The summed E-state index contributed by atoms with van der Waals surface area (Å²) >= 11 is 0. The predicted molar refractivity (Wildman–Crippen MR) is 57.8 cm³/mol. The molecule has 0 bridgehead atoms. The average Bonchev–Trinajstić information content (AvgIpc) is 2.22. The van der Waals surface area contributed by atoms with Gasteiger partial charge in [0, 0.05) is 19.3 Å². The van der Waals surface area contributed by atoms with E-state index in [1.807, 2.05) is 0 Å². The van der Waals surface area contributed by atoms with Crippen LogP contribution in [0.5, 0.6) is 0 Å². The number of terminal acetylenes is 1. The molecular weight excluding hydrogens is 191 g/mol. The Hall–Kier alpha value is -1.62. The van der Waals surface area contributed by atoms with Crippen molar-refractivity contribution < 1.29 is 9.18 Å². The highest BCUT2D eigenvalue weighted by atomic mass is 19.1. The van der Waals surface area contributed by atoms with Crippen molar-refractivity contribution in [3.8, 4) is 12.3 Å². The molecular formula is C13H13FO. The van der Waals surface area contributed by atoms with Gasteiger partial charge in [0.15, 0.2) is 0 Å². The topological polar surface area (TPSA) is 17.1 Å². The summed E-state index contributed by atoms with van der Waals surface area (Å²) < 4.78 is 13.2. The quantitative estimate of drug-likeness (QED) is 0.532. The fraction of sp³-hybridized carbons (Fsp3) is 0.308. The Kier molecular flexibility index (Phi) is 4.56. The molecule has 15 heavy (non-hydrogen) atoms. The molecule has 0 aliphatic carbocycles. The molecule has 1 aromatic rings. The maximum atomic E-state index is 13.2. The van der Waals surface area contributed by atoms with Crippen molar-refractivity contribution in [1.29, 1.82) is 0 Å². The van der Waals surface area contributed by atoms with Gasteiger partial charge in [-0.3, -0.25) is 4.79 Å². The molecule has 78 valence electrons. The van der Waals surface area contributed by atoms with E-state index in [0.717, 1.165) is 0 Å². The van der Waals surface area contributed by atoms with E-state index in [1.165, 1.54) is 6.07 Å². The minimum atomic E-state index is -0.317. The van der Waals surface area contributed by atoms with Crippen molar-refractivity contribution >= 4 is 5.78 Å². The van der Waals surface area contributed by atoms with Gasteiger partial charge in [-0.25, -0.2) is 4.39 Å². The number of hydrogen-bond acceptors (Lipinski definition) is 1. The van der Waals surface area contributed by atoms with Gasteiger partial charge >= 0.3 is 0 Å². The van der Waals surface area contributed by atoms with Crippen LogP contribution in [-0.2, 0) is 11.2 Å². The fourth-order valence-electron chi connectivity index (χ4n) is 1.33. The first-order chi connectivity index (χ1) is 7.24. The molecule has 0 saturated carbocycles. The minimum Gasteiger partial charge on any atom is -0.299 e. The lowest BCUT2D eigenvalue weighted by Gasteiger charge is -2.01. The lowest BCUT2D eigenvalue weighted by molar-refractivity contribution is -0.118. The number of halogens is 1. The fourth-order valence-corrected chi connectivity index (χ4v) is 1.33. The molecule has 0 spiro atoms. The van der Waals surface area contributed by atoms with Crippen LogP contribution in [0.1, 0.15) is 24.8 Å². The molecule has 0 unspecified atom stereocenters. The zero-order valence-corrected chi connectivity index (χ0v) is 8.50. The Balaban J connectivity index is 2.45. The molecule has 0 heterocycles. The third-order valence-corrected chi connectivity index (χ3v) is 2.12. The number of carbonyl (C=O) groups is 1. The maximum Gasteiger partial charge on any atom is 0.137 e. The van der Waals surface area contributed by atoms with Gasteiger partial charge in [-0.15, -0.1) is 12.3 Å². The van der Waals surface area contributed by atoms with E-state index in [2.05, 4.69) is 5.92 Å². The largest absolute Gasteiger partial charge is 0.299 e. The van der Waals surface area contributed by atoms with Gasteiger partial charge in [0.2, 0.25) is 0 Å². The highest BCUT2D eigenvalue weighted by Crippen LogP contribution is 2.09. The Morgan fingerprint density at radius 3 is 2.80 bits per heavy atom. The summed E-state index contributed by atoms with van der Waals surface area (Å²) in [5.41, 5.74) is 0.461. The summed E-state index contributed by atoms with van der Waals surface area (Å²) in [4.78, 5) is 11.4. The summed E-state index contributed by atoms with van der Waals surface area (Å²) in [6.45, 7) is 0. The van der Waals surface area contributed by atoms with Gasteiger partial charge in [0.1, 0.15) is 11.6 Å². The molecule has 0 amide bonds. The number of carbonyl (C=O) groups excluding carboxylic acids is 1. The van der Waals surface area contributed by atoms with Crippen LogP contribution in [0.15, 0.2) is 24.3 Å². The Labute approximate surface area is 89.3 Å². The number of Topliss-reactive ketones (excluding diaryl/α,β-unsaturated/α-hetero) is 1. The van der Waals surface area contributed by atoms with Crippen molar-refractivity contribution in [1.82, 2.24) is 0 Å². The Morgan fingerprint density at radius 1 is 1.40 bits per heavy atom. The van der Waals surface area contributed by atoms with Crippen LogP contribution in [-0.4, -0.2) is 5.78 Å². The molecule has 0 radical (unpaired) electrons. The van der Waals surface area contributed by atoms with Gasteiger partial charge < -0.3 is 0 Å². The normalized spacial score (nSPS) is 9.60. The third kappa shape index (κ3) is 3.95. The van der Waals surface area contributed by atoms with Gasteiger partial charge in [0.05, 0.1) is 0 Å². The van der Waals surface area contributed by atoms with Gasteiger partial charge in [-0.2, -0.15) is 0 Å². The Morgan fingerprint density at radius 2 is 2.13 bits per heavy atom. The molecule has 0 aromatic heterocycles. The first kappa shape index (κ1) is 11.5. The zero-order valence-electron chi connectivity index (χ0n) is 8.50. The van der Waals surface area contributed by atoms with E-state index < -0.39 is 0 Å². The average molecular weight is 204 g/mol. The van der Waals surface area contributed by atoms with Crippen LogP contribution in [0.3, 0.4) is 0 Å². The lowest BCUT2D eigenvalue weighted by Crippen LogP contribution is -2.04. The van der Waals surface area contributed by atoms with Crippen LogP contribution >= 0.6 is 0 Å². The van der Waals surface area contributed by atoms with Crippen molar-refractivity contribution in [2.75, 3.05) is 0 Å². The lowest BCUT2D eigenvalue weighted by atomic mass is 10.0. The highest BCUT2D eigenvalue weighted by molar-refractivity contribution is 5.80. The summed E-state index contributed by atoms with van der Waals surface area (Å²) in [5.74, 6) is 2.19. The number of unbranched alkanes of at least 4 members (excludes halogenated alkanes) is 1. The standard InChI is InChI=1S/C13H13FO/c1-2-3-4-8-12(15)10-11-7-5-6-9-13(11)14/h1,5-7,9H,3-4,8,10H2. The van der Waals surface area contributed by atoms with Crippen molar-refractivity contribution in [2.24, 2.45) is 0 Å². The van der Waals surface area contributed by atoms with Crippen molar-refractivity contribution in [3.63, 3.8) is 0 Å². The molecule has 0 fully saturated rings. The summed E-state index contributed by atoms with van der Waals surface area (Å²) in [7, 11) is 0. The van der Waals surface area contributed by atoms with Gasteiger partial charge in [-0.1, -0.05) is 18.2 Å². The van der Waals surface area contributed by atoms with Crippen LogP contribution in [0.2, 0.25) is 0 Å². The molecule has 0 aliphatic rings. The molecule has 0 saturated heterocycles. The first-order valence-electron chi connectivity index (χ1n) is 4.92. The number of hydrogen-bond donors (Lipinski definition) is 0. The van der Waals surface area contributed by atoms with E-state index in [0.29, 0.717) is 24.8 Å². The molecule has 0 N–H and O–H groups in total. The second-order valence-electron chi connectivity index (χ2n) is 3.36. The summed E-state index contributed by atoms with van der Waals surface area (Å²) in [6.07, 6.45) is 6.95. The van der Waals surface area contributed by atoms with Gasteiger partial charge in [-0.05, 0) is 18.1 Å². The monoisotopic (exact) mass is 204 g/mol. The van der Waals surface area contributed by atoms with Gasteiger partial charge in [0.25, 0.3) is 0 Å². The van der Waals surface area contributed by atoms with Crippen LogP contribution in [0.25, 0.3) is 0 Å². The van der Waals surface area contributed by atoms with Crippen LogP contribution < -0.4 is 0 Å². The third-order valence-electron chi connectivity index (χ3n) is 2.12. The predicted octanol–water partition coefficient (Wildman–Crippen LogP) is 2.74. The summed E-state index contributed by atoms with van der Waals surface area (Å²) in [6, 6.07) is 6.34. The molecule has 2 heteroatoms. The SMILES string of the molecule is C#CCCCC(=O)Cc1ccccc1F. The van der Waals surface area contributed by atoms with E-state index in [9.17, 15) is 9.18 Å².